The lowest BCUT2D eigenvalue weighted by molar-refractivity contribution is -0.425. The standard InChI is InChI=1S/C23H33F12N5/c24-18(25,7-9-39-15-4-1-13(12-36)2-5-15)20(28,29)22(32,33)23(34,35)21(30,31)19(26,27)8-10-40-17-6-3-14(37)11-16(17)38/h13-17,39-40H,1-11,37-38H2. The maximum absolute atomic E-state index is 14.2. The quantitative estimate of drug-likeness (QED) is 0.220. The van der Waals surface area contributed by atoms with E-state index >= 15 is 0 Å². The summed E-state index contributed by atoms with van der Waals surface area (Å²) in [6, 6.07) is -0.366. The molecule has 0 spiro atoms. The highest BCUT2D eigenvalue weighted by molar-refractivity contribution is 5.12. The minimum absolute atomic E-state index is 0.204. The Morgan fingerprint density at radius 2 is 1.07 bits per heavy atom. The monoisotopic (exact) mass is 607 g/mol. The van der Waals surface area contributed by atoms with Gasteiger partial charge in [0.1, 0.15) is 0 Å². The molecule has 0 radical (unpaired) electrons. The van der Waals surface area contributed by atoms with E-state index in [9.17, 15) is 52.7 Å². The van der Waals surface area contributed by atoms with Gasteiger partial charge in [-0.2, -0.15) is 57.9 Å². The second-order valence-electron chi connectivity index (χ2n) is 10.6. The van der Waals surface area contributed by atoms with Crippen LogP contribution in [0.25, 0.3) is 0 Å². The lowest BCUT2D eigenvalue weighted by Crippen LogP contribution is -2.71. The van der Waals surface area contributed by atoms with E-state index in [1.165, 1.54) is 0 Å². The summed E-state index contributed by atoms with van der Waals surface area (Å²) in [5, 5.41) is 13.5. The van der Waals surface area contributed by atoms with Crippen LogP contribution >= 0.6 is 0 Å². The highest BCUT2D eigenvalue weighted by atomic mass is 19.4. The van der Waals surface area contributed by atoms with Crippen molar-refractivity contribution in [2.45, 2.75) is 117 Å². The minimum Gasteiger partial charge on any atom is -0.328 e. The summed E-state index contributed by atoms with van der Waals surface area (Å²) in [6.07, 6.45) is -2.41. The number of nitrogens with zero attached hydrogens (tertiary/aromatic N) is 1. The molecule has 0 aromatic heterocycles. The van der Waals surface area contributed by atoms with Gasteiger partial charge in [-0.1, -0.05) is 0 Å². The predicted octanol–water partition coefficient (Wildman–Crippen LogP) is 5.05. The predicted molar refractivity (Wildman–Crippen MR) is 120 cm³/mol. The van der Waals surface area contributed by atoms with Gasteiger partial charge in [-0.3, -0.25) is 0 Å². The molecule has 0 heterocycles. The van der Waals surface area contributed by atoms with Crippen molar-refractivity contribution in [3.05, 3.63) is 0 Å². The van der Waals surface area contributed by atoms with Gasteiger partial charge in [0.25, 0.3) is 0 Å². The van der Waals surface area contributed by atoms with Crippen LogP contribution in [0.4, 0.5) is 52.7 Å². The first kappa shape index (κ1) is 34.7. The van der Waals surface area contributed by atoms with Gasteiger partial charge in [-0.15, -0.1) is 0 Å². The van der Waals surface area contributed by atoms with Gasteiger partial charge in [-0.25, -0.2) is 0 Å². The molecule has 40 heavy (non-hydrogen) atoms. The Kier molecular flexibility index (Phi) is 10.7. The summed E-state index contributed by atoms with van der Waals surface area (Å²) < 4.78 is 170. The zero-order valence-electron chi connectivity index (χ0n) is 21.3. The molecule has 0 bridgehead atoms. The summed E-state index contributed by atoms with van der Waals surface area (Å²) in [6.45, 7) is -2.25. The molecular weight excluding hydrogens is 574 g/mol. The van der Waals surface area contributed by atoms with Crippen LogP contribution < -0.4 is 22.1 Å². The van der Waals surface area contributed by atoms with E-state index in [4.69, 9.17) is 16.7 Å². The number of hydrogen-bond acceptors (Lipinski definition) is 5. The van der Waals surface area contributed by atoms with Gasteiger partial charge >= 0.3 is 35.5 Å². The number of rotatable bonds is 13. The van der Waals surface area contributed by atoms with Crippen molar-refractivity contribution in [2.75, 3.05) is 13.1 Å². The molecule has 2 saturated carbocycles. The van der Waals surface area contributed by atoms with Crippen LogP contribution in [0, 0.1) is 17.2 Å². The molecule has 3 atom stereocenters. The van der Waals surface area contributed by atoms with Gasteiger partial charge < -0.3 is 22.1 Å². The molecule has 3 unspecified atom stereocenters. The van der Waals surface area contributed by atoms with Crippen molar-refractivity contribution in [3.63, 3.8) is 0 Å². The SMILES string of the molecule is N#CC1CCC(NCCC(F)(F)C(F)(F)C(F)(F)C(F)(F)C(F)(F)C(F)(F)CCNC2CCC(N)CC2N)CC1. The van der Waals surface area contributed by atoms with E-state index in [1.54, 1.807) is 0 Å². The smallest absolute Gasteiger partial charge is 0.328 e. The number of halogens is 12. The van der Waals surface area contributed by atoms with Crippen LogP contribution in [0.15, 0.2) is 0 Å². The van der Waals surface area contributed by atoms with E-state index < -0.39 is 79.6 Å². The average molecular weight is 608 g/mol. The van der Waals surface area contributed by atoms with Gasteiger partial charge in [0.15, 0.2) is 0 Å². The third-order valence-corrected chi connectivity index (χ3v) is 7.67. The van der Waals surface area contributed by atoms with Crippen LogP contribution in [-0.2, 0) is 0 Å². The van der Waals surface area contributed by atoms with Gasteiger partial charge in [0, 0.05) is 56.0 Å². The van der Waals surface area contributed by atoms with Gasteiger partial charge in [0.2, 0.25) is 0 Å². The zero-order chi connectivity index (χ0) is 30.8. The lowest BCUT2D eigenvalue weighted by atomic mass is 9.86. The Bertz CT molecular complexity index is 871. The Labute approximate surface area is 223 Å². The molecule has 0 aliphatic heterocycles. The Balaban J connectivity index is 2.08. The normalized spacial score (nSPS) is 27.9. The second-order valence-corrected chi connectivity index (χ2v) is 10.6. The molecule has 2 aliphatic rings. The Morgan fingerprint density at radius 3 is 1.50 bits per heavy atom. The summed E-state index contributed by atoms with van der Waals surface area (Å²) in [5.74, 6) is -41.7. The number of alkyl halides is 12. The first-order chi connectivity index (χ1) is 18.1. The summed E-state index contributed by atoms with van der Waals surface area (Å²) in [7, 11) is 0. The highest BCUT2D eigenvalue weighted by Crippen LogP contribution is 2.60. The highest BCUT2D eigenvalue weighted by Gasteiger charge is 2.89. The van der Waals surface area contributed by atoms with Crippen molar-refractivity contribution in [3.8, 4) is 6.07 Å². The van der Waals surface area contributed by atoms with Crippen LogP contribution in [0.2, 0.25) is 0 Å². The molecule has 5 nitrogen and oxygen atoms in total. The summed E-state index contributed by atoms with van der Waals surface area (Å²) in [5.41, 5.74) is 11.4. The van der Waals surface area contributed by atoms with E-state index in [0.717, 1.165) is 0 Å². The van der Waals surface area contributed by atoms with E-state index in [-0.39, 0.29) is 37.6 Å². The van der Waals surface area contributed by atoms with Crippen molar-refractivity contribution in [2.24, 2.45) is 17.4 Å². The molecule has 2 rings (SSSR count). The van der Waals surface area contributed by atoms with Gasteiger partial charge in [0.05, 0.1) is 6.07 Å². The molecular formula is C23H33F12N5. The summed E-state index contributed by atoms with van der Waals surface area (Å²) in [4.78, 5) is 0. The molecule has 0 saturated heterocycles. The number of nitrogens with one attached hydrogen (secondary N) is 2. The molecule has 6 N–H and O–H groups in total. The maximum Gasteiger partial charge on any atom is 0.384 e. The van der Waals surface area contributed by atoms with Crippen LogP contribution in [0.1, 0.15) is 57.8 Å². The summed E-state index contributed by atoms with van der Waals surface area (Å²) >= 11 is 0. The number of nitrogens with two attached hydrogens (primary N) is 2. The first-order valence-electron chi connectivity index (χ1n) is 12.8. The Morgan fingerprint density at radius 1 is 0.625 bits per heavy atom. The molecule has 0 aromatic rings. The van der Waals surface area contributed by atoms with Gasteiger partial charge in [-0.05, 0) is 44.9 Å². The van der Waals surface area contributed by atoms with E-state index in [2.05, 4.69) is 10.6 Å². The molecule has 2 aliphatic carbocycles. The fraction of sp³-hybridized carbons (Fsp3) is 0.957. The Hall–Kier alpha value is -1.51. The number of hydrogen-bond donors (Lipinski definition) is 4. The van der Waals surface area contributed by atoms with E-state index in [1.807, 2.05) is 6.07 Å². The lowest BCUT2D eigenvalue weighted by Gasteiger charge is -2.41. The third kappa shape index (κ3) is 6.75. The van der Waals surface area contributed by atoms with E-state index in [0.29, 0.717) is 19.3 Å². The molecule has 17 heteroatoms. The minimum atomic E-state index is -7.58. The molecule has 0 aromatic carbocycles. The van der Waals surface area contributed by atoms with Crippen molar-refractivity contribution >= 4 is 0 Å². The van der Waals surface area contributed by atoms with Crippen molar-refractivity contribution in [1.29, 1.82) is 5.26 Å². The fourth-order valence-electron chi connectivity index (χ4n) is 4.94. The zero-order valence-corrected chi connectivity index (χ0v) is 21.3. The van der Waals surface area contributed by atoms with Crippen molar-refractivity contribution < 1.29 is 52.7 Å². The first-order valence-corrected chi connectivity index (χ1v) is 12.8. The fourth-order valence-corrected chi connectivity index (χ4v) is 4.94. The van der Waals surface area contributed by atoms with Crippen LogP contribution in [0.3, 0.4) is 0 Å². The molecule has 2 fully saturated rings. The maximum atomic E-state index is 14.2. The topological polar surface area (TPSA) is 99.9 Å². The molecule has 234 valence electrons. The number of nitriles is 1. The van der Waals surface area contributed by atoms with Crippen LogP contribution in [-0.4, -0.2) is 72.8 Å². The van der Waals surface area contributed by atoms with Crippen LogP contribution in [0.5, 0.6) is 0 Å². The van der Waals surface area contributed by atoms with Crippen molar-refractivity contribution in [1.82, 2.24) is 10.6 Å². The largest absolute Gasteiger partial charge is 0.384 e. The average Bonchev–Trinajstić information content (AvgIpc) is 2.85. The third-order valence-electron chi connectivity index (χ3n) is 7.67. The molecule has 0 amide bonds. The second kappa shape index (κ2) is 12.4.